The fraction of sp³-hybridized carbons (Fsp3) is 0. The van der Waals surface area contributed by atoms with Crippen LogP contribution in [0.25, 0.3) is 22.6 Å². The molecule has 100 valence electrons. The molecule has 1 heterocycles. The van der Waals surface area contributed by atoms with Crippen LogP contribution in [0, 0.1) is 13.7 Å². The Bertz CT molecular complexity index is 832. The summed E-state index contributed by atoms with van der Waals surface area (Å²) in [6.07, 6.45) is 0. The molecule has 2 aromatic carbocycles. The van der Waals surface area contributed by atoms with Gasteiger partial charge in [0.1, 0.15) is 5.52 Å². The summed E-state index contributed by atoms with van der Waals surface area (Å²) >= 11 is 5.65. The number of halogens is 2. The Morgan fingerprint density at radius 3 is 2.80 bits per heavy atom. The number of nitro benzene ring substituents is 1. The highest BCUT2D eigenvalue weighted by Gasteiger charge is 2.14. The first-order chi connectivity index (χ1) is 9.54. The molecule has 0 radical (unpaired) electrons. The van der Waals surface area contributed by atoms with Crippen LogP contribution in [0.15, 0.2) is 45.3 Å². The second-order valence-corrected chi connectivity index (χ2v) is 6.15. The number of non-ortho nitro benzene ring substituents is 1. The number of rotatable bonds is 2. The standard InChI is InChI=1S/C13H6BrIN2O3/c14-10-3-1-7(15)5-9(10)13-16-11-6-8(17(18)19)2-4-12(11)20-13/h1-6H. The van der Waals surface area contributed by atoms with E-state index in [1.165, 1.54) is 12.1 Å². The molecule has 0 spiro atoms. The van der Waals surface area contributed by atoms with Crippen LogP contribution >= 0.6 is 38.5 Å². The summed E-state index contributed by atoms with van der Waals surface area (Å²) in [5.41, 5.74) is 1.81. The molecule has 0 saturated heterocycles. The highest BCUT2D eigenvalue weighted by atomic mass is 127. The van der Waals surface area contributed by atoms with Gasteiger partial charge in [0, 0.05) is 20.2 Å². The van der Waals surface area contributed by atoms with Crippen LogP contribution in [0.4, 0.5) is 5.69 Å². The Hall–Kier alpha value is -1.48. The molecule has 0 aliphatic rings. The van der Waals surface area contributed by atoms with Crippen molar-refractivity contribution in [2.45, 2.75) is 0 Å². The molecule has 0 unspecified atom stereocenters. The van der Waals surface area contributed by atoms with Crippen molar-refractivity contribution in [3.05, 3.63) is 54.6 Å². The van der Waals surface area contributed by atoms with Gasteiger partial charge in [0.15, 0.2) is 5.58 Å². The Morgan fingerprint density at radius 2 is 2.05 bits per heavy atom. The maximum absolute atomic E-state index is 10.8. The molecular weight excluding hydrogens is 439 g/mol. The Morgan fingerprint density at radius 1 is 1.25 bits per heavy atom. The van der Waals surface area contributed by atoms with Crippen LogP contribution in [0.5, 0.6) is 0 Å². The first-order valence-corrected chi connectivity index (χ1v) is 7.42. The van der Waals surface area contributed by atoms with Gasteiger partial charge < -0.3 is 4.42 Å². The number of hydrogen-bond acceptors (Lipinski definition) is 4. The lowest BCUT2D eigenvalue weighted by molar-refractivity contribution is -0.384. The van der Waals surface area contributed by atoms with E-state index in [1.807, 2.05) is 18.2 Å². The van der Waals surface area contributed by atoms with Crippen molar-refractivity contribution in [1.29, 1.82) is 0 Å². The third-order valence-corrected chi connectivity index (χ3v) is 4.10. The molecule has 0 atom stereocenters. The lowest BCUT2D eigenvalue weighted by atomic mass is 10.2. The van der Waals surface area contributed by atoms with E-state index < -0.39 is 4.92 Å². The first kappa shape index (κ1) is 13.5. The first-order valence-electron chi connectivity index (χ1n) is 5.55. The topological polar surface area (TPSA) is 69.2 Å². The summed E-state index contributed by atoms with van der Waals surface area (Å²) in [7, 11) is 0. The highest BCUT2D eigenvalue weighted by molar-refractivity contribution is 14.1. The van der Waals surface area contributed by atoms with Crippen molar-refractivity contribution in [1.82, 2.24) is 4.98 Å². The van der Waals surface area contributed by atoms with Crippen LogP contribution in [0.3, 0.4) is 0 Å². The third kappa shape index (κ3) is 2.42. The number of nitro groups is 1. The van der Waals surface area contributed by atoms with E-state index in [2.05, 4.69) is 43.5 Å². The molecule has 0 bridgehead atoms. The average molecular weight is 445 g/mol. The predicted molar refractivity (Wildman–Crippen MR) is 86.5 cm³/mol. The molecule has 7 heteroatoms. The zero-order valence-corrected chi connectivity index (χ0v) is 13.6. The molecular formula is C13H6BrIN2O3. The van der Waals surface area contributed by atoms with Gasteiger partial charge >= 0.3 is 0 Å². The van der Waals surface area contributed by atoms with Gasteiger partial charge in [-0.15, -0.1) is 0 Å². The summed E-state index contributed by atoms with van der Waals surface area (Å²) < 4.78 is 7.57. The van der Waals surface area contributed by atoms with Crippen LogP contribution in [0.1, 0.15) is 0 Å². The molecule has 20 heavy (non-hydrogen) atoms. The number of hydrogen-bond donors (Lipinski definition) is 0. The van der Waals surface area contributed by atoms with Crippen LogP contribution in [-0.2, 0) is 0 Å². The Labute approximate surface area is 135 Å². The summed E-state index contributed by atoms with van der Waals surface area (Å²) in [5.74, 6) is 0.436. The van der Waals surface area contributed by atoms with E-state index in [0.717, 1.165) is 13.6 Å². The quantitative estimate of drug-likeness (QED) is 0.324. The fourth-order valence-corrected chi connectivity index (χ4v) is 2.71. The predicted octanol–water partition coefficient (Wildman–Crippen LogP) is 4.77. The normalized spacial score (nSPS) is 10.9. The van der Waals surface area contributed by atoms with E-state index >= 15 is 0 Å². The van der Waals surface area contributed by atoms with E-state index in [4.69, 9.17) is 4.42 Å². The minimum atomic E-state index is -0.449. The van der Waals surface area contributed by atoms with Crippen LogP contribution in [0.2, 0.25) is 0 Å². The fourth-order valence-electron chi connectivity index (χ4n) is 1.81. The number of fused-ring (bicyclic) bond motifs is 1. The summed E-state index contributed by atoms with van der Waals surface area (Å²) in [6, 6.07) is 10.2. The van der Waals surface area contributed by atoms with Crippen LogP contribution < -0.4 is 0 Å². The molecule has 0 aliphatic heterocycles. The number of oxazole rings is 1. The van der Waals surface area contributed by atoms with Crippen molar-refractivity contribution < 1.29 is 9.34 Å². The average Bonchev–Trinajstić information content (AvgIpc) is 2.83. The zero-order valence-electron chi connectivity index (χ0n) is 9.84. The monoisotopic (exact) mass is 444 g/mol. The van der Waals surface area contributed by atoms with Crippen molar-refractivity contribution in [3.63, 3.8) is 0 Å². The Kier molecular flexibility index (Phi) is 3.47. The molecule has 0 N–H and O–H groups in total. The minimum Gasteiger partial charge on any atom is -0.436 e. The molecule has 0 saturated carbocycles. The molecule has 1 aromatic heterocycles. The highest BCUT2D eigenvalue weighted by Crippen LogP contribution is 2.32. The van der Waals surface area contributed by atoms with Crippen LogP contribution in [-0.4, -0.2) is 9.91 Å². The van der Waals surface area contributed by atoms with Crippen molar-refractivity contribution >= 4 is 55.3 Å². The van der Waals surface area contributed by atoms with Gasteiger partial charge in [0.2, 0.25) is 5.89 Å². The van der Waals surface area contributed by atoms with E-state index in [-0.39, 0.29) is 5.69 Å². The zero-order chi connectivity index (χ0) is 14.3. The smallest absolute Gasteiger partial charge is 0.271 e. The second kappa shape index (κ2) is 5.13. The number of aromatic nitrogens is 1. The molecule has 0 amide bonds. The minimum absolute atomic E-state index is 0.000872. The molecule has 0 fully saturated rings. The van der Waals surface area contributed by atoms with Gasteiger partial charge in [-0.05, 0) is 62.8 Å². The van der Waals surface area contributed by atoms with E-state index in [1.54, 1.807) is 6.07 Å². The molecule has 3 aromatic rings. The van der Waals surface area contributed by atoms with E-state index in [0.29, 0.717) is 17.0 Å². The number of nitrogens with zero attached hydrogens (tertiary/aromatic N) is 2. The van der Waals surface area contributed by atoms with Crippen molar-refractivity contribution in [2.24, 2.45) is 0 Å². The van der Waals surface area contributed by atoms with Gasteiger partial charge in [-0.1, -0.05) is 0 Å². The van der Waals surface area contributed by atoms with E-state index in [9.17, 15) is 10.1 Å². The number of benzene rings is 2. The lowest BCUT2D eigenvalue weighted by Gasteiger charge is -1.99. The SMILES string of the molecule is O=[N+]([O-])c1ccc2oc(-c3cc(I)ccc3Br)nc2c1. The van der Waals surface area contributed by atoms with Gasteiger partial charge in [-0.2, -0.15) is 0 Å². The van der Waals surface area contributed by atoms with Crippen molar-refractivity contribution in [3.8, 4) is 11.5 Å². The van der Waals surface area contributed by atoms with Gasteiger partial charge in [0.05, 0.1) is 10.5 Å². The lowest BCUT2D eigenvalue weighted by Crippen LogP contribution is -1.86. The second-order valence-electron chi connectivity index (χ2n) is 4.05. The Balaban J connectivity index is 2.17. The van der Waals surface area contributed by atoms with Gasteiger partial charge in [0.25, 0.3) is 5.69 Å². The third-order valence-electron chi connectivity index (χ3n) is 2.74. The van der Waals surface area contributed by atoms with Gasteiger partial charge in [-0.25, -0.2) is 4.98 Å². The molecule has 3 rings (SSSR count). The van der Waals surface area contributed by atoms with Crippen molar-refractivity contribution in [2.75, 3.05) is 0 Å². The summed E-state index contributed by atoms with van der Waals surface area (Å²) in [4.78, 5) is 14.6. The molecule has 0 aliphatic carbocycles. The maximum Gasteiger partial charge on any atom is 0.271 e. The summed E-state index contributed by atoms with van der Waals surface area (Å²) in [6.45, 7) is 0. The van der Waals surface area contributed by atoms with Gasteiger partial charge in [-0.3, -0.25) is 10.1 Å². The largest absolute Gasteiger partial charge is 0.436 e. The molecule has 5 nitrogen and oxygen atoms in total. The summed E-state index contributed by atoms with van der Waals surface area (Å²) in [5, 5.41) is 10.8. The maximum atomic E-state index is 10.8.